The second kappa shape index (κ2) is 6.61. The van der Waals surface area contributed by atoms with Crippen LogP contribution in [0.1, 0.15) is 41.2 Å². The fraction of sp³-hybridized carbons (Fsp3) is 0.368. The average molecular weight is 355 g/mol. The second-order valence-corrected chi connectivity index (χ2v) is 7.48. The molecule has 0 spiro atoms. The van der Waals surface area contributed by atoms with Crippen molar-refractivity contribution in [3.8, 4) is 5.75 Å². The Morgan fingerprint density at radius 2 is 2.20 bits per heavy atom. The summed E-state index contributed by atoms with van der Waals surface area (Å²) in [5, 5.41) is 4.23. The van der Waals surface area contributed by atoms with E-state index < -0.39 is 0 Å². The van der Waals surface area contributed by atoms with E-state index in [1.165, 1.54) is 10.4 Å². The van der Waals surface area contributed by atoms with Crippen LogP contribution >= 0.6 is 11.3 Å². The molecule has 0 saturated carbocycles. The Morgan fingerprint density at radius 1 is 1.36 bits per heavy atom. The summed E-state index contributed by atoms with van der Waals surface area (Å²) < 4.78 is 5.42. The van der Waals surface area contributed by atoms with Gasteiger partial charge in [0.25, 0.3) is 5.56 Å². The monoisotopic (exact) mass is 355 g/mol. The van der Waals surface area contributed by atoms with Gasteiger partial charge in [-0.15, -0.1) is 11.3 Å². The maximum Gasteiger partial charge on any atom is 0.259 e. The predicted octanol–water partition coefficient (Wildman–Crippen LogP) is 3.33. The predicted molar refractivity (Wildman–Crippen MR) is 101 cm³/mol. The molecule has 0 aliphatic heterocycles. The molecule has 0 unspecified atom stereocenters. The van der Waals surface area contributed by atoms with Gasteiger partial charge in [0.05, 0.1) is 19.0 Å². The Bertz CT molecular complexity index is 976. The fourth-order valence-corrected chi connectivity index (χ4v) is 4.80. The standard InChI is InChI=1S/C19H21N3O2S/c1-11(12-6-3-4-8-14(12)24-2)20-10-16-21-18(23)17-13-7-5-9-15(13)25-19(17)22-16/h3-4,6,8,11,20H,5,7,9-10H2,1-2H3,(H,21,22,23)/t11-/m1/s1. The number of methoxy groups -OCH3 is 1. The Morgan fingerprint density at radius 3 is 3.04 bits per heavy atom. The molecule has 5 nitrogen and oxygen atoms in total. The maximum atomic E-state index is 12.5. The zero-order valence-corrected chi connectivity index (χ0v) is 15.2. The Labute approximate surface area is 150 Å². The highest BCUT2D eigenvalue weighted by Crippen LogP contribution is 2.34. The Hall–Kier alpha value is -2.18. The third-order valence-corrected chi connectivity index (χ3v) is 5.99. The number of fused-ring (bicyclic) bond motifs is 3. The summed E-state index contributed by atoms with van der Waals surface area (Å²) in [6.07, 6.45) is 3.23. The number of aryl methyl sites for hydroxylation is 2. The van der Waals surface area contributed by atoms with Gasteiger partial charge in [0, 0.05) is 16.5 Å². The summed E-state index contributed by atoms with van der Waals surface area (Å²) in [5.41, 5.74) is 2.30. The van der Waals surface area contributed by atoms with E-state index >= 15 is 0 Å². The fourth-order valence-electron chi connectivity index (χ4n) is 3.51. The summed E-state index contributed by atoms with van der Waals surface area (Å²) >= 11 is 1.67. The van der Waals surface area contributed by atoms with Crippen LogP contribution in [0.3, 0.4) is 0 Å². The minimum Gasteiger partial charge on any atom is -0.496 e. The molecule has 0 saturated heterocycles. The molecule has 2 heterocycles. The van der Waals surface area contributed by atoms with E-state index in [0.29, 0.717) is 12.4 Å². The van der Waals surface area contributed by atoms with Crippen LogP contribution in [0.4, 0.5) is 0 Å². The van der Waals surface area contributed by atoms with Gasteiger partial charge in [-0.1, -0.05) is 18.2 Å². The third-order valence-electron chi connectivity index (χ3n) is 4.81. The van der Waals surface area contributed by atoms with E-state index in [1.54, 1.807) is 18.4 Å². The first-order chi connectivity index (χ1) is 12.2. The highest BCUT2D eigenvalue weighted by molar-refractivity contribution is 7.18. The van der Waals surface area contributed by atoms with E-state index in [2.05, 4.69) is 22.2 Å². The van der Waals surface area contributed by atoms with Crippen LogP contribution in [0.2, 0.25) is 0 Å². The van der Waals surface area contributed by atoms with Crippen molar-refractivity contribution in [3.05, 3.63) is 56.4 Å². The van der Waals surface area contributed by atoms with E-state index in [-0.39, 0.29) is 11.6 Å². The van der Waals surface area contributed by atoms with Gasteiger partial charge >= 0.3 is 0 Å². The molecule has 3 aromatic rings. The van der Waals surface area contributed by atoms with Gasteiger partial charge in [-0.3, -0.25) is 4.79 Å². The number of aromatic amines is 1. The quantitative estimate of drug-likeness (QED) is 0.737. The molecular weight excluding hydrogens is 334 g/mol. The number of ether oxygens (including phenoxy) is 1. The normalized spacial score (nSPS) is 14.6. The summed E-state index contributed by atoms with van der Waals surface area (Å²) in [6, 6.07) is 8.03. The highest BCUT2D eigenvalue weighted by Gasteiger charge is 2.21. The van der Waals surface area contributed by atoms with Crippen LogP contribution in [0.25, 0.3) is 10.2 Å². The molecule has 0 fully saturated rings. The lowest BCUT2D eigenvalue weighted by Gasteiger charge is -2.16. The van der Waals surface area contributed by atoms with Crippen LogP contribution in [0.15, 0.2) is 29.1 Å². The molecule has 1 aliphatic carbocycles. The molecule has 0 bridgehead atoms. The SMILES string of the molecule is COc1ccccc1[C@@H](C)NCc1nc2sc3c(c2c(=O)[nH]1)CCC3. The topological polar surface area (TPSA) is 67.0 Å². The lowest BCUT2D eigenvalue weighted by atomic mass is 10.1. The number of thiophene rings is 1. The first-order valence-corrected chi connectivity index (χ1v) is 9.38. The summed E-state index contributed by atoms with van der Waals surface area (Å²) in [4.78, 5) is 22.3. The lowest BCUT2D eigenvalue weighted by molar-refractivity contribution is 0.401. The van der Waals surface area contributed by atoms with E-state index in [9.17, 15) is 4.79 Å². The van der Waals surface area contributed by atoms with Gasteiger partial charge in [0.1, 0.15) is 16.4 Å². The molecule has 1 aliphatic rings. The van der Waals surface area contributed by atoms with Crippen molar-refractivity contribution in [2.45, 2.75) is 38.8 Å². The van der Waals surface area contributed by atoms with Crippen molar-refractivity contribution in [1.29, 1.82) is 0 Å². The van der Waals surface area contributed by atoms with Gasteiger partial charge < -0.3 is 15.0 Å². The molecule has 1 aromatic carbocycles. The lowest BCUT2D eigenvalue weighted by Crippen LogP contribution is -2.22. The smallest absolute Gasteiger partial charge is 0.259 e. The molecule has 25 heavy (non-hydrogen) atoms. The van der Waals surface area contributed by atoms with Crippen molar-refractivity contribution >= 4 is 21.6 Å². The van der Waals surface area contributed by atoms with Crippen LogP contribution < -0.4 is 15.6 Å². The average Bonchev–Trinajstić information content (AvgIpc) is 3.20. The van der Waals surface area contributed by atoms with Gasteiger partial charge in [-0.05, 0) is 37.8 Å². The second-order valence-electron chi connectivity index (χ2n) is 6.39. The van der Waals surface area contributed by atoms with E-state index in [1.807, 2.05) is 24.3 Å². The van der Waals surface area contributed by atoms with Crippen LogP contribution in [0.5, 0.6) is 5.75 Å². The molecule has 1 atom stereocenters. The van der Waals surface area contributed by atoms with Gasteiger partial charge in [0.2, 0.25) is 0 Å². The highest BCUT2D eigenvalue weighted by atomic mass is 32.1. The number of H-pyrrole nitrogens is 1. The van der Waals surface area contributed by atoms with Crippen molar-refractivity contribution in [2.24, 2.45) is 0 Å². The summed E-state index contributed by atoms with van der Waals surface area (Å²) in [5.74, 6) is 1.54. The molecule has 6 heteroatoms. The van der Waals surface area contributed by atoms with Crippen molar-refractivity contribution in [2.75, 3.05) is 7.11 Å². The Kier molecular flexibility index (Phi) is 4.31. The van der Waals surface area contributed by atoms with Crippen molar-refractivity contribution in [1.82, 2.24) is 15.3 Å². The number of aromatic nitrogens is 2. The largest absolute Gasteiger partial charge is 0.496 e. The molecule has 0 amide bonds. The first-order valence-electron chi connectivity index (χ1n) is 8.57. The number of nitrogens with one attached hydrogen (secondary N) is 2. The van der Waals surface area contributed by atoms with E-state index in [0.717, 1.165) is 40.8 Å². The number of benzene rings is 1. The number of rotatable bonds is 5. The van der Waals surface area contributed by atoms with Gasteiger partial charge in [-0.25, -0.2) is 4.98 Å². The zero-order valence-electron chi connectivity index (χ0n) is 14.4. The molecule has 2 N–H and O–H groups in total. The number of hydrogen-bond donors (Lipinski definition) is 2. The molecule has 4 rings (SSSR count). The third kappa shape index (κ3) is 2.96. The minimum atomic E-state index is -0.00820. The molecular formula is C19H21N3O2S. The molecule has 0 radical (unpaired) electrons. The number of para-hydroxylation sites is 1. The first kappa shape index (κ1) is 16.3. The summed E-state index contributed by atoms with van der Waals surface area (Å²) in [6.45, 7) is 2.58. The van der Waals surface area contributed by atoms with Crippen molar-refractivity contribution in [3.63, 3.8) is 0 Å². The van der Waals surface area contributed by atoms with Gasteiger partial charge in [-0.2, -0.15) is 0 Å². The molecule has 2 aromatic heterocycles. The van der Waals surface area contributed by atoms with Crippen LogP contribution in [-0.4, -0.2) is 17.1 Å². The zero-order chi connectivity index (χ0) is 17.4. The molecule has 130 valence electrons. The van der Waals surface area contributed by atoms with Crippen LogP contribution in [-0.2, 0) is 19.4 Å². The minimum absolute atomic E-state index is 0.00820. The van der Waals surface area contributed by atoms with Gasteiger partial charge in [0.15, 0.2) is 0 Å². The maximum absolute atomic E-state index is 12.5. The van der Waals surface area contributed by atoms with E-state index in [4.69, 9.17) is 4.74 Å². The summed E-state index contributed by atoms with van der Waals surface area (Å²) in [7, 11) is 1.68. The number of nitrogens with zero attached hydrogens (tertiary/aromatic N) is 1. The van der Waals surface area contributed by atoms with Crippen molar-refractivity contribution < 1.29 is 4.74 Å². The van der Waals surface area contributed by atoms with Crippen LogP contribution in [0, 0.1) is 0 Å². The number of hydrogen-bond acceptors (Lipinski definition) is 5. The Balaban J connectivity index is 1.56.